The van der Waals surface area contributed by atoms with Gasteiger partial charge in [-0.15, -0.1) is 0 Å². The molecule has 0 bridgehead atoms. The molecule has 19 heavy (non-hydrogen) atoms. The van der Waals surface area contributed by atoms with Gasteiger partial charge in [0, 0.05) is 5.56 Å². The van der Waals surface area contributed by atoms with Gasteiger partial charge < -0.3 is 24.5 Å². The molecule has 0 fully saturated rings. The maximum Gasteiger partial charge on any atom is 0.240 e. The second-order valence-electron chi connectivity index (χ2n) is 3.95. The van der Waals surface area contributed by atoms with Crippen molar-refractivity contribution in [2.45, 2.75) is 13.2 Å². The molecule has 0 unspecified atom stereocenters. The van der Waals surface area contributed by atoms with E-state index in [0.717, 1.165) is 11.3 Å². The van der Waals surface area contributed by atoms with Gasteiger partial charge in [-0.05, 0) is 12.1 Å². The van der Waals surface area contributed by atoms with E-state index in [1.807, 2.05) is 6.07 Å². The number of ether oxygens (including phenoxy) is 3. The molecule has 1 aromatic carbocycles. The van der Waals surface area contributed by atoms with E-state index >= 15 is 0 Å². The van der Waals surface area contributed by atoms with E-state index < -0.39 is 0 Å². The van der Waals surface area contributed by atoms with Crippen molar-refractivity contribution in [1.29, 1.82) is 0 Å². The molecule has 2 N–H and O–H groups in total. The zero-order chi connectivity index (χ0) is 13.2. The van der Waals surface area contributed by atoms with Gasteiger partial charge in [0.25, 0.3) is 0 Å². The zero-order valence-corrected chi connectivity index (χ0v) is 10.4. The molecule has 0 saturated carbocycles. The van der Waals surface area contributed by atoms with Gasteiger partial charge >= 0.3 is 0 Å². The summed E-state index contributed by atoms with van der Waals surface area (Å²) in [6.45, 7) is 0.838. The van der Waals surface area contributed by atoms with Gasteiger partial charge in [0.1, 0.15) is 11.5 Å². The molecule has 0 radical (unpaired) electrons. The van der Waals surface area contributed by atoms with Gasteiger partial charge in [-0.1, -0.05) is 5.16 Å². The molecule has 1 aliphatic heterocycles. The molecule has 0 atom stereocenters. The molecule has 1 aliphatic rings. The highest BCUT2D eigenvalue weighted by Crippen LogP contribution is 2.39. The minimum atomic E-state index is 0.192. The molecule has 100 valence electrons. The van der Waals surface area contributed by atoms with Crippen LogP contribution in [0.1, 0.15) is 11.5 Å². The van der Waals surface area contributed by atoms with Crippen LogP contribution in [-0.4, -0.2) is 24.0 Å². The molecule has 0 saturated heterocycles. The van der Waals surface area contributed by atoms with Crippen LogP contribution in [0.3, 0.4) is 0 Å². The summed E-state index contributed by atoms with van der Waals surface area (Å²) in [6.07, 6.45) is 0. The van der Waals surface area contributed by atoms with Crippen LogP contribution in [0.15, 0.2) is 16.7 Å². The number of nitrogens with zero attached hydrogens (tertiary/aromatic N) is 2. The van der Waals surface area contributed by atoms with Crippen molar-refractivity contribution in [3.63, 3.8) is 0 Å². The SMILES string of the molecule is COc1ccc2c(c1-c1noc(CN)n1)COCO2. The topological polar surface area (TPSA) is 92.6 Å². The van der Waals surface area contributed by atoms with Crippen LogP contribution in [0.25, 0.3) is 11.4 Å². The number of nitrogens with two attached hydrogens (primary N) is 1. The average molecular weight is 263 g/mol. The second kappa shape index (κ2) is 4.87. The number of rotatable bonds is 3. The fourth-order valence-corrected chi connectivity index (χ4v) is 1.99. The van der Waals surface area contributed by atoms with Gasteiger partial charge in [-0.25, -0.2) is 0 Å². The van der Waals surface area contributed by atoms with Crippen molar-refractivity contribution in [2.24, 2.45) is 5.73 Å². The lowest BCUT2D eigenvalue weighted by atomic mass is 10.0. The van der Waals surface area contributed by atoms with Crippen molar-refractivity contribution in [3.8, 4) is 22.9 Å². The predicted octanol–water partition coefficient (Wildman–Crippen LogP) is 1.07. The van der Waals surface area contributed by atoms with Crippen LogP contribution < -0.4 is 15.2 Å². The zero-order valence-electron chi connectivity index (χ0n) is 10.4. The average Bonchev–Trinajstić information content (AvgIpc) is 2.94. The lowest BCUT2D eigenvalue weighted by Crippen LogP contribution is -2.13. The van der Waals surface area contributed by atoms with Crippen molar-refractivity contribution in [3.05, 3.63) is 23.6 Å². The summed E-state index contributed by atoms with van der Waals surface area (Å²) in [6, 6.07) is 3.64. The molecule has 0 aliphatic carbocycles. The third kappa shape index (κ3) is 2.02. The molecule has 3 rings (SSSR count). The minimum absolute atomic E-state index is 0.192. The second-order valence-corrected chi connectivity index (χ2v) is 3.95. The highest BCUT2D eigenvalue weighted by Gasteiger charge is 2.23. The van der Waals surface area contributed by atoms with E-state index in [1.165, 1.54) is 0 Å². The predicted molar refractivity (Wildman–Crippen MR) is 64.5 cm³/mol. The lowest BCUT2D eigenvalue weighted by Gasteiger charge is -2.20. The van der Waals surface area contributed by atoms with Crippen molar-refractivity contribution >= 4 is 0 Å². The Morgan fingerprint density at radius 3 is 3.05 bits per heavy atom. The fourth-order valence-electron chi connectivity index (χ4n) is 1.99. The van der Waals surface area contributed by atoms with Gasteiger partial charge in [-0.3, -0.25) is 0 Å². The van der Waals surface area contributed by atoms with Crippen LogP contribution in [0.5, 0.6) is 11.5 Å². The molecule has 0 amide bonds. The fraction of sp³-hybridized carbons (Fsp3) is 0.333. The van der Waals surface area contributed by atoms with E-state index in [-0.39, 0.29) is 13.3 Å². The Labute approximate surface area is 109 Å². The Morgan fingerprint density at radius 1 is 1.42 bits per heavy atom. The summed E-state index contributed by atoms with van der Waals surface area (Å²) in [4.78, 5) is 4.22. The van der Waals surface area contributed by atoms with Crippen molar-refractivity contribution in [1.82, 2.24) is 10.1 Å². The quantitative estimate of drug-likeness (QED) is 0.885. The standard InChI is InChI=1S/C12H13N3O4/c1-16-9-3-2-8-7(5-17-6-18-8)11(9)12-14-10(4-13)19-15-12/h2-3H,4-6,13H2,1H3. The molecule has 1 aromatic heterocycles. The summed E-state index contributed by atoms with van der Waals surface area (Å²) < 4.78 is 21.1. The smallest absolute Gasteiger partial charge is 0.240 e. The number of benzene rings is 1. The van der Waals surface area contributed by atoms with Gasteiger partial charge in [-0.2, -0.15) is 4.98 Å². The molecule has 0 spiro atoms. The highest BCUT2D eigenvalue weighted by atomic mass is 16.7. The van der Waals surface area contributed by atoms with E-state index in [2.05, 4.69) is 10.1 Å². The van der Waals surface area contributed by atoms with Crippen molar-refractivity contribution < 1.29 is 18.7 Å². The van der Waals surface area contributed by atoms with Gasteiger partial charge in [0.15, 0.2) is 6.79 Å². The monoisotopic (exact) mass is 263 g/mol. The van der Waals surface area contributed by atoms with Crippen LogP contribution in [0, 0.1) is 0 Å². The van der Waals surface area contributed by atoms with Crippen LogP contribution >= 0.6 is 0 Å². The summed E-state index contributed by atoms with van der Waals surface area (Å²) >= 11 is 0. The maximum atomic E-state index is 5.47. The largest absolute Gasteiger partial charge is 0.496 e. The molecular formula is C12H13N3O4. The normalized spacial score (nSPS) is 13.8. The maximum absolute atomic E-state index is 5.47. The van der Waals surface area contributed by atoms with Crippen LogP contribution in [-0.2, 0) is 17.9 Å². The van der Waals surface area contributed by atoms with E-state index in [1.54, 1.807) is 13.2 Å². The third-order valence-electron chi connectivity index (χ3n) is 2.86. The molecule has 2 aromatic rings. The number of methoxy groups -OCH3 is 1. The molecule has 2 heterocycles. The summed E-state index contributed by atoms with van der Waals surface area (Å²) in [5.74, 6) is 2.16. The first-order valence-corrected chi connectivity index (χ1v) is 5.77. The Kier molecular flexibility index (Phi) is 3.06. The number of aromatic nitrogens is 2. The Balaban J connectivity index is 2.16. The number of fused-ring (bicyclic) bond motifs is 1. The van der Waals surface area contributed by atoms with E-state index in [4.69, 9.17) is 24.5 Å². The first-order valence-electron chi connectivity index (χ1n) is 5.77. The van der Waals surface area contributed by atoms with Gasteiger partial charge in [0.05, 0.1) is 25.8 Å². The highest BCUT2D eigenvalue weighted by molar-refractivity contribution is 5.71. The molecular weight excluding hydrogens is 250 g/mol. The van der Waals surface area contributed by atoms with Crippen molar-refractivity contribution in [2.75, 3.05) is 13.9 Å². The molecule has 7 nitrogen and oxygen atoms in total. The van der Waals surface area contributed by atoms with Crippen LogP contribution in [0.4, 0.5) is 0 Å². The first kappa shape index (κ1) is 11.9. The Hall–Kier alpha value is -2.12. The van der Waals surface area contributed by atoms with E-state index in [9.17, 15) is 0 Å². The minimum Gasteiger partial charge on any atom is -0.496 e. The number of hydrogen-bond acceptors (Lipinski definition) is 7. The number of hydrogen-bond donors (Lipinski definition) is 1. The van der Waals surface area contributed by atoms with Crippen LogP contribution in [0.2, 0.25) is 0 Å². The summed E-state index contributed by atoms with van der Waals surface area (Å²) in [7, 11) is 1.58. The Morgan fingerprint density at radius 2 is 2.32 bits per heavy atom. The lowest BCUT2D eigenvalue weighted by molar-refractivity contribution is -0.0161. The van der Waals surface area contributed by atoms with Gasteiger partial charge in [0.2, 0.25) is 11.7 Å². The Bertz CT molecular complexity index is 597. The summed E-state index contributed by atoms with van der Waals surface area (Å²) in [5, 5.41) is 3.92. The summed E-state index contributed by atoms with van der Waals surface area (Å²) in [5.41, 5.74) is 7.03. The first-order chi connectivity index (χ1) is 9.33. The third-order valence-corrected chi connectivity index (χ3v) is 2.86. The van der Waals surface area contributed by atoms with E-state index in [0.29, 0.717) is 29.6 Å². The molecule has 7 heteroatoms.